The molecule has 4 rings (SSSR count). The van der Waals surface area contributed by atoms with Crippen LogP contribution in [0.2, 0.25) is 5.02 Å². The molecule has 0 N–H and O–H groups in total. The van der Waals surface area contributed by atoms with Crippen molar-refractivity contribution in [1.29, 1.82) is 5.26 Å². The second-order valence-electron chi connectivity index (χ2n) is 8.33. The highest BCUT2D eigenvalue weighted by molar-refractivity contribution is 7.98. The van der Waals surface area contributed by atoms with E-state index in [0.717, 1.165) is 33.0 Å². The van der Waals surface area contributed by atoms with Gasteiger partial charge in [0, 0.05) is 10.8 Å². The van der Waals surface area contributed by atoms with E-state index in [1.165, 1.54) is 11.1 Å². The third-order valence-corrected chi connectivity index (χ3v) is 6.79. The van der Waals surface area contributed by atoms with Crippen LogP contribution in [-0.4, -0.2) is 4.98 Å². The molecule has 4 heteroatoms. The Morgan fingerprint density at radius 2 is 1.37 bits per heavy atom. The average molecular weight is 493 g/mol. The smallest absolute Gasteiger partial charge is 0.115 e. The second kappa shape index (κ2) is 11.7. The van der Waals surface area contributed by atoms with E-state index >= 15 is 0 Å². The van der Waals surface area contributed by atoms with Gasteiger partial charge in [0.05, 0.1) is 11.3 Å². The summed E-state index contributed by atoms with van der Waals surface area (Å²) in [6.07, 6.45) is 8.09. The van der Waals surface area contributed by atoms with Gasteiger partial charge in [0.25, 0.3) is 0 Å². The third-order valence-electron chi connectivity index (χ3n) is 5.49. The summed E-state index contributed by atoms with van der Waals surface area (Å²) in [6.45, 7) is 4.15. The number of halogens is 1. The van der Waals surface area contributed by atoms with Gasteiger partial charge in [-0.3, -0.25) is 0 Å². The number of rotatable bonds is 7. The number of pyridine rings is 1. The van der Waals surface area contributed by atoms with Crippen LogP contribution < -0.4 is 0 Å². The lowest BCUT2D eigenvalue weighted by Gasteiger charge is -2.09. The molecule has 35 heavy (non-hydrogen) atoms. The fourth-order valence-electron chi connectivity index (χ4n) is 3.45. The van der Waals surface area contributed by atoms with E-state index in [4.69, 9.17) is 16.6 Å². The molecule has 0 spiro atoms. The molecule has 1 aromatic heterocycles. The summed E-state index contributed by atoms with van der Waals surface area (Å²) in [5.41, 5.74) is 8.01. The molecular formula is C31H25ClN2S. The van der Waals surface area contributed by atoms with Crippen molar-refractivity contribution in [3.63, 3.8) is 0 Å². The monoisotopic (exact) mass is 492 g/mol. The Labute approximate surface area is 216 Å². The number of thioether (sulfide) groups is 1. The number of nitrogens with zero attached hydrogens (tertiary/aromatic N) is 2. The SMILES string of the molecule is Cc1ccc(C=Cc2cc(C=Cc3ccc(C)cc3)c(C#N)c(SCc3ccc(Cl)cc3)n2)cc1. The zero-order valence-electron chi connectivity index (χ0n) is 19.7. The van der Waals surface area contributed by atoms with Gasteiger partial charge in [0.1, 0.15) is 11.1 Å². The van der Waals surface area contributed by atoms with E-state index in [-0.39, 0.29) is 0 Å². The minimum atomic E-state index is 0.583. The summed E-state index contributed by atoms with van der Waals surface area (Å²) < 4.78 is 0. The summed E-state index contributed by atoms with van der Waals surface area (Å²) in [5.74, 6) is 0.699. The fourth-order valence-corrected chi connectivity index (χ4v) is 4.55. The molecule has 0 atom stereocenters. The first-order valence-corrected chi connectivity index (χ1v) is 12.7. The minimum absolute atomic E-state index is 0.583. The number of nitriles is 1. The van der Waals surface area contributed by atoms with Crippen molar-refractivity contribution in [2.24, 2.45) is 0 Å². The van der Waals surface area contributed by atoms with Crippen LogP contribution in [-0.2, 0) is 5.75 Å². The number of hydrogen-bond donors (Lipinski definition) is 0. The molecule has 0 saturated carbocycles. The van der Waals surface area contributed by atoms with Crippen LogP contribution in [0.4, 0.5) is 0 Å². The van der Waals surface area contributed by atoms with Crippen molar-refractivity contribution in [2.45, 2.75) is 24.6 Å². The molecule has 0 unspecified atom stereocenters. The summed E-state index contributed by atoms with van der Waals surface area (Å²) >= 11 is 7.59. The fraction of sp³-hybridized carbons (Fsp3) is 0.0968. The van der Waals surface area contributed by atoms with Crippen molar-refractivity contribution in [3.05, 3.63) is 129 Å². The highest BCUT2D eigenvalue weighted by Gasteiger charge is 2.12. The van der Waals surface area contributed by atoms with Crippen LogP contribution in [0.1, 0.15) is 44.6 Å². The molecule has 3 aromatic carbocycles. The Morgan fingerprint density at radius 1 is 0.800 bits per heavy atom. The first-order chi connectivity index (χ1) is 17.0. The number of aryl methyl sites for hydroxylation is 2. The van der Waals surface area contributed by atoms with Crippen LogP contribution in [0.15, 0.2) is 83.9 Å². The van der Waals surface area contributed by atoms with E-state index in [0.29, 0.717) is 16.3 Å². The van der Waals surface area contributed by atoms with E-state index in [9.17, 15) is 5.26 Å². The largest absolute Gasteiger partial charge is 0.241 e. The van der Waals surface area contributed by atoms with Gasteiger partial charge in [-0.2, -0.15) is 5.26 Å². The maximum Gasteiger partial charge on any atom is 0.115 e. The van der Waals surface area contributed by atoms with Crippen LogP contribution in [0.25, 0.3) is 24.3 Å². The van der Waals surface area contributed by atoms with Gasteiger partial charge in [0.15, 0.2) is 0 Å². The van der Waals surface area contributed by atoms with Gasteiger partial charge in [0.2, 0.25) is 0 Å². The number of benzene rings is 3. The predicted octanol–water partition coefficient (Wildman–Crippen LogP) is 8.86. The molecule has 0 radical (unpaired) electrons. The lowest BCUT2D eigenvalue weighted by molar-refractivity contribution is 1.09. The average Bonchev–Trinajstić information content (AvgIpc) is 2.87. The van der Waals surface area contributed by atoms with E-state index in [1.807, 2.05) is 48.6 Å². The molecular weight excluding hydrogens is 468 g/mol. The highest BCUT2D eigenvalue weighted by Crippen LogP contribution is 2.29. The number of hydrogen-bond acceptors (Lipinski definition) is 3. The Bertz CT molecular complexity index is 1400. The van der Waals surface area contributed by atoms with Crippen molar-refractivity contribution in [3.8, 4) is 6.07 Å². The van der Waals surface area contributed by atoms with Crippen molar-refractivity contribution < 1.29 is 0 Å². The van der Waals surface area contributed by atoms with Crippen LogP contribution in [0, 0.1) is 25.2 Å². The molecule has 4 aromatic rings. The maximum absolute atomic E-state index is 10.0. The molecule has 2 nitrogen and oxygen atoms in total. The van der Waals surface area contributed by atoms with E-state index in [1.54, 1.807) is 11.8 Å². The Kier molecular flexibility index (Phi) is 8.21. The molecule has 0 bridgehead atoms. The molecule has 1 heterocycles. The van der Waals surface area contributed by atoms with Gasteiger partial charge in [-0.1, -0.05) is 102 Å². The summed E-state index contributed by atoms with van der Waals surface area (Å²) in [7, 11) is 0. The standard InChI is InChI=1S/C31H25ClN2S/c1-22-3-7-24(8-4-22)11-15-27-19-29(18-14-25-9-5-23(2)6-10-25)34-31(30(27)20-33)35-21-26-12-16-28(32)17-13-26/h3-19H,21H2,1-2H3. The topological polar surface area (TPSA) is 36.7 Å². The van der Waals surface area contributed by atoms with Crippen molar-refractivity contribution >= 4 is 47.7 Å². The molecule has 0 aliphatic heterocycles. The lowest BCUT2D eigenvalue weighted by atomic mass is 10.1. The Hall–Kier alpha value is -3.58. The highest BCUT2D eigenvalue weighted by atomic mass is 35.5. The molecule has 0 amide bonds. The third kappa shape index (κ3) is 6.96. The quantitative estimate of drug-likeness (QED) is 0.242. The van der Waals surface area contributed by atoms with Gasteiger partial charge in [-0.25, -0.2) is 4.98 Å². The Morgan fingerprint density at radius 3 is 1.94 bits per heavy atom. The first kappa shape index (κ1) is 24.5. The summed E-state index contributed by atoms with van der Waals surface area (Å²) in [5, 5.41) is 11.4. The molecule has 0 aliphatic carbocycles. The van der Waals surface area contributed by atoms with Gasteiger partial charge >= 0.3 is 0 Å². The van der Waals surface area contributed by atoms with E-state index < -0.39 is 0 Å². The van der Waals surface area contributed by atoms with Gasteiger partial charge in [-0.05, 0) is 60.4 Å². The van der Waals surface area contributed by atoms with Crippen molar-refractivity contribution in [1.82, 2.24) is 4.98 Å². The normalized spacial score (nSPS) is 11.3. The molecule has 0 aliphatic rings. The molecule has 172 valence electrons. The van der Waals surface area contributed by atoms with Crippen LogP contribution in [0.5, 0.6) is 0 Å². The molecule has 0 saturated heterocycles. The number of aromatic nitrogens is 1. The first-order valence-electron chi connectivity index (χ1n) is 11.3. The zero-order chi connectivity index (χ0) is 24.6. The summed E-state index contributed by atoms with van der Waals surface area (Å²) in [6, 6.07) is 28.8. The maximum atomic E-state index is 10.0. The van der Waals surface area contributed by atoms with Gasteiger partial charge < -0.3 is 0 Å². The lowest BCUT2D eigenvalue weighted by Crippen LogP contribution is -1.95. The zero-order valence-corrected chi connectivity index (χ0v) is 21.3. The Balaban J connectivity index is 1.69. The summed E-state index contributed by atoms with van der Waals surface area (Å²) in [4.78, 5) is 4.83. The van der Waals surface area contributed by atoms with Crippen LogP contribution in [0.3, 0.4) is 0 Å². The van der Waals surface area contributed by atoms with Crippen LogP contribution >= 0.6 is 23.4 Å². The van der Waals surface area contributed by atoms with E-state index in [2.05, 4.69) is 74.5 Å². The van der Waals surface area contributed by atoms with Crippen molar-refractivity contribution in [2.75, 3.05) is 0 Å². The predicted molar refractivity (Wildman–Crippen MR) is 150 cm³/mol. The minimum Gasteiger partial charge on any atom is -0.241 e. The molecule has 0 fully saturated rings. The second-order valence-corrected chi connectivity index (χ2v) is 9.73. The van der Waals surface area contributed by atoms with Gasteiger partial charge in [-0.15, -0.1) is 11.8 Å².